The number of rotatable bonds is 5. The van der Waals surface area contributed by atoms with Crippen LogP contribution in [0.15, 0.2) is 59.7 Å². The molecule has 1 aliphatic rings. The monoisotopic (exact) mass is 309 g/mol. The number of nitrogens with zero attached hydrogens (tertiary/aromatic N) is 3. The van der Waals surface area contributed by atoms with Gasteiger partial charge in [-0.05, 0) is 31.2 Å². The van der Waals surface area contributed by atoms with Gasteiger partial charge in [0.2, 0.25) is 0 Å². The van der Waals surface area contributed by atoms with E-state index < -0.39 is 0 Å². The highest BCUT2D eigenvalue weighted by molar-refractivity contribution is 5.83. The highest BCUT2D eigenvalue weighted by Crippen LogP contribution is 2.17. The maximum Gasteiger partial charge on any atom is 0.128 e. The van der Waals surface area contributed by atoms with Gasteiger partial charge >= 0.3 is 0 Å². The van der Waals surface area contributed by atoms with Crippen LogP contribution < -0.4 is 9.64 Å². The van der Waals surface area contributed by atoms with Gasteiger partial charge in [0.15, 0.2) is 0 Å². The van der Waals surface area contributed by atoms with Gasteiger partial charge in [-0.25, -0.2) is 0 Å². The first-order valence-electron chi connectivity index (χ1n) is 8.17. The Hall–Kier alpha value is -2.49. The Balaban J connectivity index is 1.58. The Labute approximate surface area is 138 Å². The van der Waals surface area contributed by atoms with Crippen LogP contribution in [0.4, 0.5) is 5.69 Å². The fraction of sp³-hybridized carbons (Fsp3) is 0.316. The summed E-state index contributed by atoms with van der Waals surface area (Å²) in [6.07, 6.45) is 1.91. The summed E-state index contributed by atoms with van der Waals surface area (Å²) in [5, 5.41) is 6.75. The smallest absolute Gasteiger partial charge is 0.128 e. The standard InChI is InChI=1S/C19H23N3O/c1-2-23-19-11-7-6-8-17(19)16-20-22-14-12-21(13-15-22)18-9-4-3-5-10-18/h3-11,16H,2,12-15H2,1H3/b20-16+. The van der Waals surface area contributed by atoms with Crippen LogP contribution in [0.3, 0.4) is 0 Å². The van der Waals surface area contributed by atoms with Crippen LogP contribution in [0, 0.1) is 0 Å². The lowest BCUT2D eigenvalue weighted by Crippen LogP contribution is -2.44. The SMILES string of the molecule is CCOc1ccccc1/C=N/N1CCN(c2ccccc2)CC1. The number of benzene rings is 2. The maximum absolute atomic E-state index is 5.63. The zero-order valence-electron chi connectivity index (χ0n) is 13.6. The molecule has 1 aliphatic heterocycles. The summed E-state index contributed by atoms with van der Waals surface area (Å²) >= 11 is 0. The third kappa shape index (κ3) is 4.03. The molecule has 3 rings (SSSR count). The van der Waals surface area contributed by atoms with Gasteiger partial charge in [0, 0.05) is 24.3 Å². The van der Waals surface area contributed by atoms with Gasteiger partial charge in [-0.1, -0.05) is 30.3 Å². The summed E-state index contributed by atoms with van der Waals surface area (Å²) in [4.78, 5) is 2.40. The van der Waals surface area contributed by atoms with Crippen molar-refractivity contribution in [1.29, 1.82) is 0 Å². The second-order valence-corrected chi connectivity index (χ2v) is 5.49. The Kier molecular flexibility index (Phi) is 5.14. The fourth-order valence-corrected chi connectivity index (χ4v) is 2.73. The van der Waals surface area contributed by atoms with Gasteiger partial charge in [0.25, 0.3) is 0 Å². The van der Waals surface area contributed by atoms with Crippen LogP contribution in [0.25, 0.3) is 0 Å². The second kappa shape index (κ2) is 7.68. The molecule has 2 aromatic rings. The highest BCUT2D eigenvalue weighted by Gasteiger charge is 2.15. The van der Waals surface area contributed by atoms with Crippen molar-refractivity contribution in [2.75, 3.05) is 37.7 Å². The van der Waals surface area contributed by atoms with Gasteiger partial charge in [0.1, 0.15) is 5.75 Å². The van der Waals surface area contributed by atoms with E-state index in [0.29, 0.717) is 6.61 Å². The van der Waals surface area contributed by atoms with Crippen LogP contribution in [-0.2, 0) is 0 Å². The number of hydrogen-bond donors (Lipinski definition) is 0. The second-order valence-electron chi connectivity index (χ2n) is 5.49. The number of hydrogen-bond acceptors (Lipinski definition) is 4. The van der Waals surface area contributed by atoms with Crippen molar-refractivity contribution in [3.05, 3.63) is 60.2 Å². The van der Waals surface area contributed by atoms with Crippen molar-refractivity contribution in [3.8, 4) is 5.75 Å². The summed E-state index contributed by atoms with van der Waals surface area (Å²) < 4.78 is 5.63. The first-order chi connectivity index (χ1) is 11.4. The number of hydrazone groups is 1. The van der Waals surface area contributed by atoms with E-state index in [1.807, 2.05) is 37.4 Å². The molecule has 120 valence electrons. The molecule has 1 saturated heterocycles. The summed E-state index contributed by atoms with van der Waals surface area (Å²) in [5.41, 5.74) is 2.32. The third-order valence-electron chi connectivity index (χ3n) is 3.96. The summed E-state index contributed by atoms with van der Waals surface area (Å²) in [5.74, 6) is 0.890. The van der Waals surface area contributed by atoms with Crippen molar-refractivity contribution in [3.63, 3.8) is 0 Å². The zero-order chi connectivity index (χ0) is 15.9. The molecule has 2 aromatic carbocycles. The molecule has 0 aromatic heterocycles. The lowest BCUT2D eigenvalue weighted by atomic mass is 10.2. The molecule has 0 N–H and O–H groups in total. The third-order valence-corrected chi connectivity index (χ3v) is 3.96. The molecule has 23 heavy (non-hydrogen) atoms. The Morgan fingerprint density at radius 3 is 2.39 bits per heavy atom. The molecule has 4 heteroatoms. The number of para-hydroxylation sites is 2. The van der Waals surface area contributed by atoms with Crippen molar-refractivity contribution >= 4 is 11.9 Å². The normalized spacial score (nSPS) is 15.2. The van der Waals surface area contributed by atoms with E-state index in [1.165, 1.54) is 5.69 Å². The van der Waals surface area contributed by atoms with E-state index in [0.717, 1.165) is 37.5 Å². The van der Waals surface area contributed by atoms with Gasteiger partial charge in [0.05, 0.1) is 25.9 Å². The molecule has 0 spiro atoms. The Morgan fingerprint density at radius 2 is 1.65 bits per heavy atom. The average Bonchev–Trinajstić information content (AvgIpc) is 2.62. The van der Waals surface area contributed by atoms with Crippen molar-refractivity contribution in [2.45, 2.75) is 6.92 Å². The molecular formula is C19H23N3O. The molecule has 0 atom stereocenters. The van der Waals surface area contributed by atoms with Crippen LogP contribution in [0.1, 0.15) is 12.5 Å². The number of piperazine rings is 1. The first kappa shape index (κ1) is 15.4. The molecule has 4 nitrogen and oxygen atoms in total. The van der Waals surface area contributed by atoms with E-state index in [2.05, 4.69) is 45.3 Å². The largest absolute Gasteiger partial charge is 0.493 e. The van der Waals surface area contributed by atoms with Gasteiger partial charge in [-0.3, -0.25) is 5.01 Å². The number of ether oxygens (including phenoxy) is 1. The predicted molar refractivity (Wildman–Crippen MR) is 95.4 cm³/mol. The molecule has 0 saturated carbocycles. The molecule has 0 aliphatic carbocycles. The van der Waals surface area contributed by atoms with E-state index in [1.54, 1.807) is 0 Å². The van der Waals surface area contributed by atoms with Crippen molar-refractivity contribution < 1.29 is 4.74 Å². The van der Waals surface area contributed by atoms with Crippen LogP contribution in [0.2, 0.25) is 0 Å². The molecule has 1 heterocycles. The van der Waals surface area contributed by atoms with Crippen LogP contribution in [0.5, 0.6) is 5.75 Å². The Bertz CT molecular complexity index is 634. The molecule has 0 amide bonds. The molecule has 0 bridgehead atoms. The molecular weight excluding hydrogens is 286 g/mol. The quantitative estimate of drug-likeness (QED) is 0.794. The summed E-state index contributed by atoms with van der Waals surface area (Å²) in [7, 11) is 0. The molecule has 1 fully saturated rings. The predicted octanol–water partition coefficient (Wildman–Crippen LogP) is 3.24. The van der Waals surface area contributed by atoms with Gasteiger partial charge < -0.3 is 9.64 Å². The minimum absolute atomic E-state index is 0.667. The van der Waals surface area contributed by atoms with E-state index >= 15 is 0 Å². The first-order valence-corrected chi connectivity index (χ1v) is 8.17. The van der Waals surface area contributed by atoms with Crippen LogP contribution >= 0.6 is 0 Å². The minimum atomic E-state index is 0.667. The zero-order valence-corrected chi connectivity index (χ0v) is 13.6. The van der Waals surface area contributed by atoms with E-state index in [4.69, 9.17) is 4.74 Å². The summed E-state index contributed by atoms with van der Waals surface area (Å²) in [6, 6.07) is 18.6. The topological polar surface area (TPSA) is 28.1 Å². The Morgan fingerprint density at radius 1 is 0.957 bits per heavy atom. The van der Waals surface area contributed by atoms with E-state index in [-0.39, 0.29) is 0 Å². The van der Waals surface area contributed by atoms with Gasteiger partial charge in [-0.15, -0.1) is 0 Å². The van der Waals surface area contributed by atoms with E-state index in [9.17, 15) is 0 Å². The maximum atomic E-state index is 5.63. The molecule has 0 radical (unpaired) electrons. The number of anilines is 1. The molecule has 0 unspecified atom stereocenters. The van der Waals surface area contributed by atoms with Crippen LogP contribution in [-0.4, -0.2) is 44.0 Å². The summed E-state index contributed by atoms with van der Waals surface area (Å²) in [6.45, 7) is 6.52. The highest BCUT2D eigenvalue weighted by atomic mass is 16.5. The van der Waals surface area contributed by atoms with Crippen molar-refractivity contribution in [1.82, 2.24) is 5.01 Å². The van der Waals surface area contributed by atoms with Gasteiger partial charge in [-0.2, -0.15) is 5.10 Å². The average molecular weight is 309 g/mol. The van der Waals surface area contributed by atoms with Crippen molar-refractivity contribution in [2.24, 2.45) is 5.10 Å². The minimum Gasteiger partial charge on any atom is -0.493 e. The lowest BCUT2D eigenvalue weighted by Gasteiger charge is -2.34. The lowest BCUT2D eigenvalue weighted by molar-refractivity contribution is 0.272. The fourth-order valence-electron chi connectivity index (χ4n) is 2.73.